The first kappa shape index (κ1) is 26.3. The lowest BCUT2D eigenvalue weighted by Gasteiger charge is -2.23. The van der Waals surface area contributed by atoms with Crippen LogP contribution in [-0.2, 0) is 10.0 Å². The van der Waals surface area contributed by atoms with Gasteiger partial charge < -0.3 is 10.1 Å². The monoisotopic (exact) mass is 494 g/mol. The number of hydrogen-bond acceptors (Lipinski definition) is 4. The second kappa shape index (κ2) is 10.5. The summed E-state index contributed by atoms with van der Waals surface area (Å²) in [5.41, 5.74) is 4.29. The number of benzene rings is 3. The van der Waals surface area contributed by atoms with E-state index in [1.54, 1.807) is 37.3 Å². The van der Waals surface area contributed by atoms with Gasteiger partial charge in [0.1, 0.15) is 5.75 Å². The lowest BCUT2D eigenvalue weighted by Crippen LogP contribution is -2.27. The second-order valence-electron chi connectivity index (χ2n) is 9.20. The molecule has 0 fully saturated rings. The molecule has 0 aliphatic rings. The molecule has 0 radical (unpaired) electrons. The topological polar surface area (TPSA) is 75.7 Å². The van der Waals surface area contributed by atoms with E-state index in [2.05, 4.69) is 33.0 Å². The molecule has 0 aliphatic carbocycles. The van der Waals surface area contributed by atoms with E-state index in [1.807, 2.05) is 18.2 Å². The summed E-state index contributed by atoms with van der Waals surface area (Å²) < 4.78 is 33.4. The smallest absolute Gasteiger partial charge is 0.264 e. The molecule has 0 aliphatic heterocycles. The normalized spacial score (nSPS) is 11.6. The first-order valence-electron chi connectivity index (χ1n) is 11.7. The Kier molecular flexibility index (Phi) is 7.90. The summed E-state index contributed by atoms with van der Waals surface area (Å²) in [6.45, 7) is 10.1. The van der Waals surface area contributed by atoms with E-state index >= 15 is 0 Å². The van der Waals surface area contributed by atoms with Gasteiger partial charge >= 0.3 is 0 Å². The molecule has 1 amide bonds. The zero-order chi connectivity index (χ0) is 25.9. The van der Waals surface area contributed by atoms with Gasteiger partial charge in [0.2, 0.25) is 0 Å². The Morgan fingerprint density at radius 1 is 0.914 bits per heavy atom. The van der Waals surface area contributed by atoms with E-state index in [0.717, 1.165) is 16.8 Å². The minimum Gasteiger partial charge on any atom is -0.495 e. The third-order valence-corrected chi connectivity index (χ3v) is 7.92. The van der Waals surface area contributed by atoms with Crippen molar-refractivity contribution in [1.29, 1.82) is 0 Å². The highest BCUT2D eigenvalue weighted by Crippen LogP contribution is 2.34. The highest BCUT2D eigenvalue weighted by atomic mass is 32.2. The number of para-hydroxylation sites is 3. The fourth-order valence-electron chi connectivity index (χ4n) is 4.06. The minimum absolute atomic E-state index is 0.0304. The van der Waals surface area contributed by atoms with Crippen LogP contribution in [0, 0.1) is 6.92 Å². The van der Waals surface area contributed by atoms with Crippen molar-refractivity contribution in [3.8, 4) is 5.75 Å². The van der Waals surface area contributed by atoms with Crippen LogP contribution in [0.4, 0.5) is 11.4 Å². The molecule has 0 atom stereocenters. The Labute approximate surface area is 209 Å². The third kappa shape index (κ3) is 5.35. The summed E-state index contributed by atoms with van der Waals surface area (Å²) in [7, 11) is -0.973. The third-order valence-electron chi connectivity index (χ3n) is 6.15. The van der Waals surface area contributed by atoms with E-state index in [1.165, 1.54) is 30.6 Å². The van der Waals surface area contributed by atoms with Gasteiger partial charge in [0.25, 0.3) is 15.9 Å². The fourth-order valence-corrected chi connectivity index (χ4v) is 5.29. The van der Waals surface area contributed by atoms with Gasteiger partial charge in [0.15, 0.2) is 0 Å². The molecule has 0 spiro atoms. The van der Waals surface area contributed by atoms with Crippen LogP contribution >= 0.6 is 0 Å². The van der Waals surface area contributed by atoms with Crippen LogP contribution in [0.3, 0.4) is 0 Å². The summed E-state index contributed by atoms with van der Waals surface area (Å²) in [4.78, 5) is 13.5. The second-order valence-corrected chi connectivity index (χ2v) is 11.2. The van der Waals surface area contributed by atoms with Crippen molar-refractivity contribution in [2.75, 3.05) is 23.8 Å². The van der Waals surface area contributed by atoms with Crippen LogP contribution in [-0.4, -0.2) is 28.5 Å². The number of ether oxygens (including phenoxy) is 1. The van der Waals surface area contributed by atoms with E-state index in [0.29, 0.717) is 22.6 Å². The predicted molar refractivity (Wildman–Crippen MR) is 142 cm³/mol. The van der Waals surface area contributed by atoms with E-state index in [9.17, 15) is 13.2 Å². The molecule has 35 heavy (non-hydrogen) atoms. The van der Waals surface area contributed by atoms with E-state index in [-0.39, 0.29) is 22.6 Å². The molecule has 0 saturated heterocycles. The van der Waals surface area contributed by atoms with Gasteiger partial charge in [-0.25, -0.2) is 8.42 Å². The molecular formula is C28H34N2O4S. The fraction of sp³-hybridized carbons (Fsp3) is 0.321. The molecule has 3 aromatic carbocycles. The van der Waals surface area contributed by atoms with E-state index in [4.69, 9.17) is 4.74 Å². The number of carbonyl (C=O) groups is 1. The summed E-state index contributed by atoms with van der Waals surface area (Å²) in [5, 5.41) is 3.09. The number of rotatable bonds is 8. The quantitative estimate of drug-likeness (QED) is 0.397. The maximum atomic E-state index is 13.5. The molecule has 0 unspecified atom stereocenters. The van der Waals surface area contributed by atoms with Crippen molar-refractivity contribution < 1.29 is 17.9 Å². The standard InChI is InChI=1S/C28H34N2O4S/c1-18(2)22-11-10-12-23(19(3)4)27(22)29-28(31)24-17-21(16-15-20(24)5)35(32,33)30(6)25-13-8-9-14-26(25)34-7/h8-19H,1-7H3,(H,29,31). The molecule has 3 rings (SSSR count). The summed E-state index contributed by atoms with van der Waals surface area (Å²) in [5.74, 6) is 0.530. The van der Waals surface area contributed by atoms with Crippen LogP contribution in [0.25, 0.3) is 0 Å². The molecule has 1 N–H and O–H groups in total. The van der Waals surface area contributed by atoms with Crippen LogP contribution in [0.2, 0.25) is 0 Å². The molecule has 0 aromatic heterocycles. The molecule has 6 nitrogen and oxygen atoms in total. The first-order chi connectivity index (χ1) is 16.5. The Morgan fingerprint density at radius 3 is 2.09 bits per heavy atom. The number of carbonyl (C=O) groups excluding carboxylic acids is 1. The Bertz CT molecular complexity index is 1300. The van der Waals surface area contributed by atoms with Crippen molar-refractivity contribution in [3.05, 3.63) is 82.9 Å². The van der Waals surface area contributed by atoms with Crippen LogP contribution in [0.5, 0.6) is 5.75 Å². The lowest BCUT2D eigenvalue weighted by atomic mass is 9.92. The van der Waals surface area contributed by atoms with Gasteiger partial charge in [-0.3, -0.25) is 9.10 Å². The Hall–Kier alpha value is -3.32. The van der Waals surface area contributed by atoms with Crippen molar-refractivity contribution >= 4 is 27.3 Å². The minimum atomic E-state index is -3.94. The maximum Gasteiger partial charge on any atom is 0.264 e. The number of nitrogens with zero attached hydrogens (tertiary/aromatic N) is 1. The molecule has 0 heterocycles. The van der Waals surface area contributed by atoms with Crippen molar-refractivity contribution in [2.24, 2.45) is 0 Å². The van der Waals surface area contributed by atoms with Gasteiger partial charge in [-0.1, -0.05) is 64.1 Å². The van der Waals surface area contributed by atoms with Gasteiger partial charge in [-0.2, -0.15) is 0 Å². The van der Waals surface area contributed by atoms with Gasteiger partial charge in [0.05, 0.1) is 17.7 Å². The Morgan fingerprint density at radius 2 is 1.51 bits per heavy atom. The number of sulfonamides is 1. The summed E-state index contributed by atoms with van der Waals surface area (Å²) >= 11 is 0. The van der Waals surface area contributed by atoms with Crippen LogP contribution in [0.15, 0.2) is 65.6 Å². The zero-order valence-electron chi connectivity index (χ0n) is 21.4. The molecule has 3 aromatic rings. The molecular weight excluding hydrogens is 460 g/mol. The number of amides is 1. The zero-order valence-corrected chi connectivity index (χ0v) is 22.2. The van der Waals surface area contributed by atoms with Crippen molar-refractivity contribution in [3.63, 3.8) is 0 Å². The molecule has 0 bridgehead atoms. The summed E-state index contributed by atoms with van der Waals surface area (Å²) in [6.07, 6.45) is 0. The SMILES string of the molecule is COc1ccccc1N(C)S(=O)(=O)c1ccc(C)c(C(=O)Nc2c(C(C)C)cccc2C(C)C)c1. The average molecular weight is 495 g/mol. The largest absolute Gasteiger partial charge is 0.495 e. The predicted octanol–water partition coefficient (Wildman–Crippen LogP) is 6.33. The van der Waals surface area contributed by atoms with Crippen LogP contribution < -0.4 is 14.4 Å². The number of nitrogens with one attached hydrogen (secondary N) is 1. The number of anilines is 2. The van der Waals surface area contributed by atoms with Gasteiger partial charge in [-0.05, 0) is 59.7 Å². The number of methoxy groups -OCH3 is 1. The number of aryl methyl sites for hydroxylation is 1. The molecule has 186 valence electrons. The van der Waals surface area contributed by atoms with Gasteiger partial charge in [0, 0.05) is 18.3 Å². The summed E-state index contributed by atoms with van der Waals surface area (Å²) in [6, 6.07) is 17.6. The number of hydrogen-bond donors (Lipinski definition) is 1. The van der Waals surface area contributed by atoms with Gasteiger partial charge in [-0.15, -0.1) is 0 Å². The molecule has 0 saturated carbocycles. The van der Waals surface area contributed by atoms with Crippen molar-refractivity contribution in [2.45, 2.75) is 51.3 Å². The Balaban J connectivity index is 2.03. The lowest BCUT2D eigenvalue weighted by molar-refractivity contribution is 0.102. The average Bonchev–Trinajstić information content (AvgIpc) is 2.83. The van der Waals surface area contributed by atoms with E-state index < -0.39 is 10.0 Å². The molecule has 7 heteroatoms. The van der Waals surface area contributed by atoms with Crippen molar-refractivity contribution in [1.82, 2.24) is 0 Å². The highest BCUT2D eigenvalue weighted by molar-refractivity contribution is 7.92. The first-order valence-corrected chi connectivity index (χ1v) is 13.1. The highest BCUT2D eigenvalue weighted by Gasteiger charge is 2.26. The maximum absolute atomic E-state index is 13.5. The van der Waals surface area contributed by atoms with Crippen LogP contribution in [0.1, 0.15) is 66.6 Å².